The van der Waals surface area contributed by atoms with E-state index in [1.807, 2.05) is 24.3 Å². The Balaban J connectivity index is 4.28. The van der Waals surface area contributed by atoms with Crippen LogP contribution in [0.1, 0.15) is 162 Å². The molecule has 0 rings (SSSR count). The highest BCUT2D eigenvalue weighted by atomic mass is 31.2. The molecule has 0 bridgehead atoms. The molecule has 0 aliphatic rings. The maximum atomic E-state index is 12.5. The van der Waals surface area contributed by atoms with Crippen molar-refractivity contribution in [1.29, 1.82) is 0 Å². The van der Waals surface area contributed by atoms with Gasteiger partial charge in [-0.2, -0.15) is 0 Å². The summed E-state index contributed by atoms with van der Waals surface area (Å²) in [5.74, 6) is -0.895. The van der Waals surface area contributed by atoms with Crippen LogP contribution in [0.3, 0.4) is 0 Å². The Morgan fingerprint density at radius 2 is 1.23 bits per heavy atom. The number of rotatable bonds is 37. The molecular formula is C41H74NO9P. The Bertz CT molecular complexity index is 1010. The molecule has 0 aliphatic heterocycles. The summed E-state index contributed by atoms with van der Waals surface area (Å²) in [7, 11) is -4.39. The molecule has 4 N–H and O–H groups in total. The molecule has 302 valence electrons. The summed E-state index contributed by atoms with van der Waals surface area (Å²) in [6.45, 7) is 3.45. The zero-order valence-corrected chi connectivity index (χ0v) is 33.5. The van der Waals surface area contributed by atoms with Crippen LogP contribution in [0, 0.1) is 0 Å². The molecule has 2 unspecified atom stereocenters. The van der Waals surface area contributed by atoms with Crippen LogP contribution < -0.4 is 5.73 Å². The summed E-state index contributed by atoms with van der Waals surface area (Å²) in [4.78, 5) is 34.8. The normalized spacial score (nSPS) is 14.5. The molecule has 0 amide bonds. The third-order valence-electron chi connectivity index (χ3n) is 8.28. The van der Waals surface area contributed by atoms with Crippen molar-refractivity contribution in [2.45, 2.75) is 174 Å². The van der Waals surface area contributed by atoms with E-state index in [1.54, 1.807) is 6.08 Å². The summed E-state index contributed by atoms with van der Waals surface area (Å²) >= 11 is 0. The Morgan fingerprint density at radius 3 is 1.83 bits per heavy atom. The molecule has 52 heavy (non-hydrogen) atoms. The fourth-order valence-corrected chi connectivity index (χ4v) is 6.02. The number of hydrogen-bond donors (Lipinski definition) is 3. The summed E-state index contributed by atoms with van der Waals surface area (Å²) in [6, 6.07) is 0. The van der Waals surface area contributed by atoms with Gasteiger partial charge in [-0.25, -0.2) is 4.57 Å². The number of nitrogens with two attached hydrogens (primary N) is 1. The molecule has 3 atom stereocenters. The highest BCUT2D eigenvalue weighted by Gasteiger charge is 2.26. The van der Waals surface area contributed by atoms with E-state index in [0.29, 0.717) is 19.3 Å². The number of aliphatic hydroxyl groups is 1. The molecule has 0 aromatic heterocycles. The van der Waals surface area contributed by atoms with Crippen molar-refractivity contribution in [3.8, 4) is 0 Å². The highest BCUT2D eigenvalue weighted by molar-refractivity contribution is 7.47. The van der Waals surface area contributed by atoms with Crippen LogP contribution in [0.5, 0.6) is 0 Å². The SMILES string of the molecule is CC/C=C/CC(O)/C=C/C=C/CCCCCCCC(=O)O[C@H](COC(=O)CCCCCCC/C=C\CCCCCCCC)COP(=O)(O)OCCN. The summed E-state index contributed by atoms with van der Waals surface area (Å²) in [6.07, 6.45) is 37.5. The summed E-state index contributed by atoms with van der Waals surface area (Å²) in [5, 5.41) is 9.86. The number of hydrogen-bond acceptors (Lipinski definition) is 9. The largest absolute Gasteiger partial charge is 0.472 e. The second kappa shape index (κ2) is 37.3. The fraction of sp³-hybridized carbons (Fsp3) is 0.756. The van der Waals surface area contributed by atoms with Gasteiger partial charge in [0.2, 0.25) is 0 Å². The molecule has 10 nitrogen and oxygen atoms in total. The first-order valence-electron chi connectivity index (χ1n) is 20.2. The molecule has 0 heterocycles. The zero-order chi connectivity index (χ0) is 38.4. The van der Waals surface area contributed by atoms with Crippen molar-refractivity contribution >= 4 is 19.8 Å². The van der Waals surface area contributed by atoms with E-state index in [0.717, 1.165) is 70.6 Å². The van der Waals surface area contributed by atoms with Crippen LogP contribution in [-0.4, -0.2) is 60.5 Å². The van der Waals surface area contributed by atoms with Crippen LogP contribution in [0.15, 0.2) is 48.6 Å². The highest BCUT2D eigenvalue weighted by Crippen LogP contribution is 2.43. The van der Waals surface area contributed by atoms with Crippen LogP contribution >= 0.6 is 7.82 Å². The van der Waals surface area contributed by atoms with Gasteiger partial charge in [-0.05, 0) is 64.2 Å². The van der Waals surface area contributed by atoms with Crippen molar-refractivity contribution in [2.75, 3.05) is 26.4 Å². The van der Waals surface area contributed by atoms with Crippen molar-refractivity contribution in [1.82, 2.24) is 0 Å². The van der Waals surface area contributed by atoms with E-state index in [2.05, 4.69) is 32.1 Å². The average Bonchev–Trinajstić information content (AvgIpc) is 3.12. The van der Waals surface area contributed by atoms with Crippen molar-refractivity contribution in [3.05, 3.63) is 48.6 Å². The molecule has 0 saturated carbocycles. The van der Waals surface area contributed by atoms with Crippen LogP contribution in [0.4, 0.5) is 0 Å². The topological polar surface area (TPSA) is 155 Å². The van der Waals surface area contributed by atoms with E-state index in [9.17, 15) is 24.2 Å². The maximum Gasteiger partial charge on any atom is 0.472 e. The van der Waals surface area contributed by atoms with E-state index in [4.69, 9.17) is 24.3 Å². The zero-order valence-electron chi connectivity index (χ0n) is 32.6. The van der Waals surface area contributed by atoms with Crippen molar-refractivity contribution in [3.63, 3.8) is 0 Å². The minimum absolute atomic E-state index is 0.0385. The lowest BCUT2D eigenvalue weighted by atomic mass is 10.1. The van der Waals surface area contributed by atoms with Crippen molar-refractivity contribution < 1.29 is 42.7 Å². The van der Waals surface area contributed by atoms with Gasteiger partial charge in [0.1, 0.15) is 6.61 Å². The Labute approximate surface area is 316 Å². The van der Waals surface area contributed by atoms with Gasteiger partial charge < -0.3 is 25.2 Å². The predicted octanol–water partition coefficient (Wildman–Crippen LogP) is 10.1. The average molecular weight is 756 g/mol. The number of esters is 2. The molecule has 0 saturated heterocycles. The van der Waals surface area contributed by atoms with Gasteiger partial charge in [0.05, 0.1) is 19.3 Å². The van der Waals surface area contributed by atoms with Gasteiger partial charge >= 0.3 is 19.8 Å². The molecule has 0 aliphatic carbocycles. The first kappa shape index (κ1) is 49.9. The second-order valence-electron chi connectivity index (χ2n) is 13.3. The van der Waals surface area contributed by atoms with Gasteiger partial charge in [-0.15, -0.1) is 0 Å². The molecular weight excluding hydrogens is 681 g/mol. The smallest absolute Gasteiger partial charge is 0.462 e. The number of carbonyl (C=O) groups excluding carboxylic acids is 2. The third-order valence-corrected chi connectivity index (χ3v) is 9.26. The lowest BCUT2D eigenvalue weighted by molar-refractivity contribution is -0.161. The number of carbonyl (C=O) groups is 2. The minimum atomic E-state index is -4.39. The monoisotopic (exact) mass is 756 g/mol. The first-order chi connectivity index (χ1) is 25.2. The lowest BCUT2D eigenvalue weighted by Gasteiger charge is -2.19. The lowest BCUT2D eigenvalue weighted by Crippen LogP contribution is -2.29. The van der Waals surface area contributed by atoms with Crippen LogP contribution in [0.2, 0.25) is 0 Å². The van der Waals surface area contributed by atoms with Gasteiger partial charge in [-0.3, -0.25) is 18.6 Å². The molecule has 0 spiro atoms. The van der Waals surface area contributed by atoms with Gasteiger partial charge in [0.25, 0.3) is 0 Å². The predicted molar refractivity (Wildman–Crippen MR) is 212 cm³/mol. The van der Waals surface area contributed by atoms with E-state index < -0.39 is 38.6 Å². The van der Waals surface area contributed by atoms with Crippen molar-refractivity contribution in [2.24, 2.45) is 5.73 Å². The number of unbranched alkanes of at least 4 members (excludes halogenated alkanes) is 16. The van der Waals surface area contributed by atoms with Gasteiger partial charge in [0, 0.05) is 19.4 Å². The number of aliphatic hydroxyl groups excluding tert-OH is 1. The third kappa shape index (κ3) is 36.3. The minimum Gasteiger partial charge on any atom is -0.462 e. The molecule has 0 radical (unpaired) electrons. The number of phosphoric ester groups is 1. The molecule has 0 aromatic carbocycles. The van der Waals surface area contributed by atoms with Crippen LogP contribution in [-0.2, 0) is 32.7 Å². The van der Waals surface area contributed by atoms with Gasteiger partial charge in [-0.1, -0.05) is 133 Å². The van der Waals surface area contributed by atoms with E-state index in [1.165, 1.54) is 44.9 Å². The first-order valence-corrected chi connectivity index (χ1v) is 21.7. The Hall–Kier alpha value is -2.07. The molecule has 11 heteroatoms. The number of ether oxygens (including phenoxy) is 2. The number of allylic oxidation sites excluding steroid dienone is 6. The fourth-order valence-electron chi connectivity index (χ4n) is 5.25. The van der Waals surface area contributed by atoms with E-state index >= 15 is 0 Å². The quantitative estimate of drug-likeness (QED) is 0.0183. The van der Waals surface area contributed by atoms with Crippen LogP contribution in [0.25, 0.3) is 0 Å². The molecule has 0 fully saturated rings. The van der Waals surface area contributed by atoms with E-state index in [-0.39, 0.29) is 32.6 Å². The number of phosphoric acid groups is 1. The Morgan fingerprint density at radius 1 is 0.673 bits per heavy atom. The summed E-state index contributed by atoms with van der Waals surface area (Å²) < 4.78 is 32.6. The Kier molecular flexibility index (Phi) is 35.8. The second-order valence-corrected chi connectivity index (χ2v) is 14.8. The maximum absolute atomic E-state index is 12.5. The summed E-state index contributed by atoms with van der Waals surface area (Å²) in [5.41, 5.74) is 5.33. The standard InChI is InChI=1S/C41H74NO9P/c1-3-5-7-8-9-10-11-12-13-14-15-18-21-24-28-32-40(44)48-36-39(37-50-52(46,47)49-35-34-42)51-41(45)33-29-25-22-19-16-17-20-23-27-31-38(43)30-26-6-4-2/h6,12-13,20,23,26-27,31,38-39,43H,3-5,7-11,14-19,21-22,24-25,28-30,32-37,42H2,1-2H3,(H,46,47)/b13-12-,23-20+,26-6+,31-27+/t38?,39-/m1/s1. The molecule has 0 aromatic rings. The van der Waals surface area contributed by atoms with Gasteiger partial charge in [0.15, 0.2) is 6.10 Å².